The van der Waals surface area contributed by atoms with Crippen LogP contribution in [0.3, 0.4) is 0 Å². The fourth-order valence-corrected chi connectivity index (χ4v) is 5.52. The van der Waals surface area contributed by atoms with Gasteiger partial charge in [0.2, 0.25) is 0 Å². The molecule has 0 unspecified atom stereocenters. The molecule has 0 aliphatic carbocycles. The highest BCUT2D eigenvalue weighted by Gasteiger charge is 2.29. The third kappa shape index (κ3) is 7.17. The van der Waals surface area contributed by atoms with Gasteiger partial charge in [-0.15, -0.1) is 0 Å². The maximum atomic E-state index is 14.7. The summed E-state index contributed by atoms with van der Waals surface area (Å²) in [5.74, 6) is 1.44. The molecule has 7 aromatic rings. The Kier molecular flexibility index (Phi) is 9.61. The minimum atomic E-state index is -0.491. The Labute approximate surface area is 300 Å². The maximum absolute atomic E-state index is 14.7. The summed E-state index contributed by atoms with van der Waals surface area (Å²) in [6, 6.07) is 48.9. The summed E-state index contributed by atoms with van der Waals surface area (Å²) in [5.41, 5.74) is 13.9. The van der Waals surface area contributed by atoms with Crippen LogP contribution in [0.15, 0.2) is 170 Å². The normalized spacial score (nSPS) is 10.6. The zero-order valence-corrected chi connectivity index (χ0v) is 27.8. The number of anilines is 2. The van der Waals surface area contributed by atoms with Crippen LogP contribution in [0.4, 0.5) is 11.4 Å². The van der Waals surface area contributed by atoms with Gasteiger partial charge in [0.25, 0.3) is 0 Å². The van der Waals surface area contributed by atoms with Crippen LogP contribution in [0.5, 0.6) is 46.0 Å². The maximum Gasteiger partial charge on any atom is 0.197 e. The van der Waals surface area contributed by atoms with Crippen LogP contribution >= 0.6 is 0 Å². The van der Waals surface area contributed by atoms with E-state index in [-0.39, 0.29) is 56.6 Å². The lowest BCUT2D eigenvalue weighted by molar-refractivity contribution is 0.100. The Morgan fingerprint density at radius 3 is 0.885 bits per heavy atom. The van der Waals surface area contributed by atoms with Gasteiger partial charge in [-0.2, -0.15) is 0 Å². The second kappa shape index (κ2) is 15.1. The van der Waals surface area contributed by atoms with Crippen LogP contribution in [0, 0.1) is 0 Å². The van der Waals surface area contributed by atoms with Gasteiger partial charge in [0.1, 0.15) is 23.0 Å². The molecule has 52 heavy (non-hydrogen) atoms. The first-order chi connectivity index (χ1) is 25.5. The lowest BCUT2D eigenvalue weighted by Gasteiger charge is -2.19. The van der Waals surface area contributed by atoms with Gasteiger partial charge in [-0.25, -0.2) is 0 Å². The molecule has 4 N–H and O–H groups in total. The minimum Gasteiger partial charge on any atom is -0.453 e. The largest absolute Gasteiger partial charge is 0.453 e. The lowest BCUT2D eigenvalue weighted by Crippen LogP contribution is -2.13. The van der Waals surface area contributed by atoms with Gasteiger partial charge in [0.15, 0.2) is 34.6 Å². The van der Waals surface area contributed by atoms with Gasteiger partial charge < -0.3 is 30.4 Å². The summed E-state index contributed by atoms with van der Waals surface area (Å²) in [5, 5.41) is 0. The van der Waals surface area contributed by atoms with E-state index in [1.807, 2.05) is 72.8 Å². The third-order valence-corrected chi connectivity index (χ3v) is 8.04. The molecule has 0 amide bonds. The molecule has 0 fully saturated rings. The average Bonchev–Trinajstić information content (AvgIpc) is 3.19. The monoisotopic (exact) mass is 684 g/mol. The quantitative estimate of drug-likeness (QED) is 0.0963. The summed E-state index contributed by atoms with van der Waals surface area (Å²) in [6.07, 6.45) is 0. The molecule has 254 valence electrons. The molecular formula is C44H32N2O6. The fraction of sp³-hybridized carbons (Fsp3) is 0. The molecule has 0 aliphatic heterocycles. The van der Waals surface area contributed by atoms with Crippen LogP contribution in [-0.2, 0) is 0 Å². The lowest BCUT2D eigenvalue weighted by atomic mass is 9.92. The summed E-state index contributed by atoms with van der Waals surface area (Å²) < 4.78 is 25.1. The van der Waals surface area contributed by atoms with E-state index in [2.05, 4.69) is 0 Å². The Balaban J connectivity index is 1.34. The predicted octanol–water partition coefficient (Wildman–Crippen LogP) is 10.5. The van der Waals surface area contributed by atoms with Crippen LogP contribution in [0.2, 0.25) is 0 Å². The highest BCUT2D eigenvalue weighted by atomic mass is 16.5. The van der Waals surface area contributed by atoms with E-state index in [9.17, 15) is 9.59 Å². The molecule has 0 bridgehead atoms. The van der Waals surface area contributed by atoms with Crippen molar-refractivity contribution < 1.29 is 28.5 Å². The predicted molar refractivity (Wildman–Crippen MR) is 201 cm³/mol. The molecule has 7 rings (SSSR count). The highest BCUT2D eigenvalue weighted by Crippen LogP contribution is 2.45. The number of rotatable bonds is 12. The number of carbonyl (C=O) groups is 2. The van der Waals surface area contributed by atoms with Crippen LogP contribution in [0.25, 0.3) is 0 Å². The van der Waals surface area contributed by atoms with Crippen molar-refractivity contribution in [2.45, 2.75) is 0 Å². The van der Waals surface area contributed by atoms with Crippen molar-refractivity contribution in [3.63, 3.8) is 0 Å². The Bertz CT molecular complexity index is 2180. The number of nitrogens with two attached hydrogens (primary N) is 2. The average molecular weight is 685 g/mol. The molecule has 8 nitrogen and oxygen atoms in total. The summed E-state index contributed by atoms with van der Waals surface area (Å²) in [4.78, 5) is 29.3. The van der Waals surface area contributed by atoms with E-state index in [0.29, 0.717) is 23.0 Å². The van der Waals surface area contributed by atoms with E-state index in [1.165, 1.54) is 0 Å². The first kappa shape index (κ1) is 33.2. The summed E-state index contributed by atoms with van der Waals surface area (Å²) in [6.45, 7) is 0. The van der Waals surface area contributed by atoms with E-state index >= 15 is 0 Å². The van der Waals surface area contributed by atoms with Crippen LogP contribution in [0.1, 0.15) is 31.8 Å². The van der Waals surface area contributed by atoms with Crippen LogP contribution < -0.4 is 30.4 Å². The van der Waals surface area contributed by atoms with Crippen molar-refractivity contribution in [1.29, 1.82) is 0 Å². The third-order valence-electron chi connectivity index (χ3n) is 8.04. The number of carbonyl (C=O) groups excluding carboxylic acids is 2. The molecular weight excluding hydrogens is 652 g/mol. The molecule has 0 saturated carbocycles. The molecule has 0 aliphatic rings. The van der Waals surface area contributed by atoms with Crippen molar-refractivity contribution in [2.24, 2.45) is 0 Å². The van der Waals surface area contributed by atoms with E-state index in [0.717, 1.165) is 0 Å². The molecule has 8 heteroatoms. The summed E-state index contributed by atoms with van der Waals surface area (Å²) in [7, 11) is 0. The molecule has 0 spiro atoms. The van der Waals surface area contributed by atoms with Gasteiger partial charge in [0.05, 0.1) is 22.5 Å². The Hall–Kier alpha value is -7.32. The number of para-hydroxylation sites is 4. The Morgan fingerprint density at radius 2 is 0.577 bits per heavy atom. The van der Waals surface area contributed by atoms with Crippen molar-refractivity contribution in [3.05, 3.63) is 192 Å². The Morgan fingerprint density at radius 1 is 0.308 bits per heavy atom. The van der Waals surface area contributed by atoms with E-state index in [1.54, 1.807) is 97.1 Å². The molecule has 0 atom stereocenters. The second-order valence-electron chi connectivity index (χ2n) is 11.6. The molecule has 0 radical (unpaired) electrons. The fourth-order valence-electron chi connectivity index (χ4n) is 5.52. The number of hydrogen-bond donors (Lipinski definition) is 2. The zero-order valence-electron chi connectivity index (χ0n) is 27.8. The molecule has 7 aromatic carbocycles. The van der Waals surface area contributed by atoms with Gasteiger partial charge in [-0.3, -0.25) is 9.59 Å². The number of ether oxygens (including phenoxy) is 4. The SMILES string of the molecule is Nc1ccc(C(=O)c2ccccc2C(=O)c2ccc(N)c(Oc3ccccc3)c2Oc2ccccc2)c(Oc2ccccc2)c1Oc1ccccc1. The van der Waals surface area contributed by atoms with Gasteiger partial charge in [0, 0.05) is 11.1 Å². The molecule has 0 saturated heterocycles. The standard InChI is InChI=1S/C44H32N2O6/c45-37-27-25-35(41(49-29-15-5-1-6-16-29)43(37)51-31-19-9-3-10-20-31)39(47)33-23-13-14-24-34(33)40(48)36-26-28-38(46)44(52-32-21-11-4-12-22-32)42(36)50-30-17-7-2-8-18-30/h1-28H,45-46H2. The highest BCUT2D eigenvalue weighted by molar-refractivity contribution is 6.21. The number of benzene rings is 7. The molecule has 0 heterocycles. The summed E-state index contributed by atoms with van der Waals surface area (Å²) >= 11 is 0. The number of hydrogen-bond acceptors (Lipinski definition) is 8. The number of ketones is 2. The molecule has 0 aromatic heterocycles. The topological polar surface area (TPSA) is 123 Å². The van der Waals surface area contributed by atoms with Crippen molar-refractivity contribution in [2.75, 3.05) is 11.5 Å². The van der Waals surface area contributed by atoms with Gasteiger partial charge in [-0.1, -0.05) is 97.1 Å². The first-order valence-electron chi connectivity index (χ1n) is 16.4. The van der Waals surface area contributed by atoms with Crippen molar-refractivity contribution in [3.8, 4) is 46.0 Å². The second-order valence-corrected chi connectivity index (χ2v) is 11.6. The van der Waals surface area contributed by atoms with Crippen molar-refractivity contribution in [1.82, 2.24) is 0 Å². The van der Waals surface area contributed by atoms with Gasteiger partial charge >= 0.3 is 0 Å². The van der Waals surface area contributed by atoms with Gasteiger partial charge in [-0.05, 0) is 72.8 Å². The minimum absolute atomic E-state index is 0.0986. The first-order valence-corrected chi connectivity index (χ1v) is 16.4. The smallest absolute Gasteiger partial charge is 0.197 e. The van der Waals surface area contributed by atoms with E-state index < -0.39 is 11.6 Å². The van der Waals surface area contributed by atoms with Crippen LogP contribution in [-0.4, -0.2) is 11.6 Å². The zero-order chi connectivity index (χ0) is 35.9. The van der Waals surface area contributed by atoms with Crippen molar-refractivity contribution >= 4 is 22.9 Å². The number of nitrogen functional groups attached to an aromatic ring is 2. The van der Waals surface area contributed by atoms with E-state index in [4.69, 9.17) is 30.4 Å².